The van der Waals surface area contributed by atoms with Crippen molar-refractivity contribution in [2.45, 2.75) is 19.3 Å². The molecule has 0 bridgehead atoms. The molecular formula is C12H17N3S. The molecule has 0 aliphatic carbocycles. The fourth-order valence-electron chi connectivity index (χ4n) is 1.59. The van der Waals surface area contributed by atoms with Crippen LogP contribution in [0.1, 0.15) is 19.3 Å². The number of nitrogens with one attached hydrogen (secondary N) is 1. The summed E-state index contributed by atoms with van der Waals surface area (Å²) in [5.74, 6) is 0. The van der Waals surface area contributed by atoms with Crippen LogP contribution in [-0.4, -0.2) is 18.1 Å². The molecule has 1 aromatic heterocycles. The molecule has 1 aromatic carbocycles. The largest absolute Gasteiger partial charge is 0.361 e. The van der Waals surface area contributed by atoms with Crippen LogP contribution in [0.4, 0.5) is 5.13 Å². The Labute approximate surface area is 99.7 Å². The summed E-state index contributed by atoms with van der Waals surface area (Å²) in [6.07, 6.45) is 3.46. The lowest BCUT2D eigenvalue weighted by molar-refractivity contribution is 0.707. The molecule has 4 heteroatoms. The summed E-state index contributed by atoms with van der Waals surface area (Å²) in [4.78, 5) is 4.51. The number of anilines is 1. The Morgan fingerprint density at radius 2 is 2.06 bits per heavy atom. The number of unbranched alkanes of at least 4 members (excludes halogenated alkanes) is 2. The normalized spacial score (nSPS) is 10.8. The molecule has 86 valence electrons. The van der Waals surface area contributed by atoms with Gasteiger partial charge in [-0.05, 0) is 31.5 Å². The third kappa shape index (κ3) is 2.93. The lowest BCUT2D eigenvalue weighted by Gasteiger charge is -2.00. The van der Waals surface area contributed by atoms with Gasteiger partial charge in [0, 0.05) is 6.54 Å². The number of nitrogens with two attached hydrogens (primary N) is 1. The van der Waals surface area contributed by atoms with Gasteiger partial charge < -0.3 is 11.1 Å². The Kier molecular flexibility index (Phi) is 4.13. The molecule has 1 heterocycles. The number of fused-ring (bicyclic) bond motifs is 1. The van der Waals surface area contributed by atoms with Crippen molar-refractivity contribution in [3.05, 3.63) is 24.3 Å². The minimum atomic E-state index is 0.793. The van der Waals surface area contributed by atoms with E-state index in [9.17, 15) is 0 Å². The minimum absolute atomic E-state index is 0.793. The van der Waals surface area contributed by atoms with E-state index in [1.165, 1.54) is 11.1 Å². The first-order chi connectivity index (χ1) is 7.90. The lowest BCUT2D eigenvalue weighted by atomic mass is 10.2. The van der Waals surface area contributed by atoms with Crippen molar-refractivity contribution < 1.29 is 0 Å². The van der Waals surface area contributed by atoms with Crippen LogP contribution in [-0.2, 0) is 0 Å². The van der Waals surface area contributed by atoms with Crippen LogP contribution in [0.2, 0.25) is 0 Å². The zero-order chi connectivity index (χ0) is 11.2. The van der Waals surface area contributed by atoms with E-state index >= 15 is 0 Å². The molecule has 2 aromatic rings. The van der Waals surface area contributed by atoms with Crippen LogP contribution >= 0.6 is 11.3 Å². The molecule has 0 aliphatic heterocycles. The van der Waals surface area contributed by atoms with Crippen molar-refractivity contribution in [1.29, 1.82) is 0 Å². The summed E-state index contributed by atoms with van der Waals surface area (Å²) in [5, 5.41) is 4.38. The molecule has 0 amide bonds. The average molecular weight is 235 g/mol. The Morgan fingerprint density at radius 3 is 2.88 bits per heavy atom. The number of para-hydroxylation sites is 1. The van der Waals surface area contributed by atoms with E-state index in [0.29, 0.717) is 0 Å². The average Bonchev–Trinajstić information content (AvgIpc) is 2.71. The molecule has 0 aliphatic rings. The third-order valence-electron chi connectivity index (χ3n) is 2.45. The first-order valence-corrected chi connectivity index (χ1v) is 6.51. The number of hydrogen-bond donors (Lipinski definition) is 2. The van der Waals surface area contributed by atoms with Gasteiger partial charge in [-0.15, -0.1) is 0 Å². The highest BCUT2D eigenvalue weighted by Crippen LogP contribution is 2.25. The summed E-state index contributed by atoms with van der Waals surface area (Å²) in [7, 11) is 0. The van der Waals surface area contributed by atoms with Crippen LogP contribution in [0.3, 0.4) is 0 Å². The maximum absolute atomic E-state index is 5.44. The number of rotatable bonds is 6. The van der Waals surface area contributed by atoms with Crippen molar-refractivity contribution >= 4 is 26.7 Å². The number of aromatic nitrogens is 1. The van der Waals surface area contributed by atoms with E-state index in [0.717, 1.165) is 36.6 Å². The van der Waals surface area contributed by atoms with Gasteiger partial charge in [0.05, 0.1) is 10.2 Å². The van der Waals surface area contributed by atoms with Gasteiger partial charge in [-0.25, -0.2) is 4.98 Å². The molecule has 3 N–H and O–H groups in total. The fraction of sp³-hybridized carbons (Fsp3) is 0.417. The molecular weight excluding hydrogens is 218 g/mol. The molecule has 0 fully saturated rings. The highest BCUT2D eigenvalue weighted by atomic mass is 32.1. The van der Waals surface area contributed by atoms with E-state index in [1.54, 1.807) is 11.3 Å². The fourth-order valence-corrected chi connectivity index (χ4v) is 2.48. The van der Waals surface area contributed by atoms with Crippen LogP contribution in [0.15, 0.2) is 24.3 Å². The summed E-state index contributed by atoms with van der Waals surface area (Å²) in [6.45, 7) is 1.78. The maximum atomic E-state index is 5.44. The van der Waals surface area contributed by atoms with E-state index in [2.05, 4.69) is 16.4 Å². The first-order valence-electron chi connectivity index (χ1n) is 5.69. The second-order valence-corrected chi connectivity index (χ2v) is 4.79. The van der Waals surface area contributed by atoms with Crippen molar-refractivity contribution in [2.24, 2.45) is 5.73 Å². The van der Waals surface area contributed by atoms with Gasteiger partial charge in [0.2, 0.25) is 0 Å². The number of benzene rings is 1. The number of hydrogen-bond acceptors (Lipinski definition) is 4. The van der Waals surface area contributed by atoms with Gasteiger partial charge in [0.1, 0.15) is 0 Å². The van der Waals surface area contributed by atoms with Gasteiger partial charge in [-0.1, -0.05) is 29.9 Å². The SMILES string of the molecule is NCCCCCNc1nc2ccccc2s1. The minimum Gasteiger partial charge on any atom is -0.361 e. The van der Waals surface area contributed by atoms with Crippen LogP contribution in [0, 0.1) is 0 Å². The highest BCUT2D eigenvalue weighted by Gasteiger charge is 2.01. The van der Waals surface area contributed by atoms with Gasteiger partial charge in [0.25, 0.3) is 0 Å². The van der Waals surface area contributed by atoms with Crippen molar-refractivity contribution in [3.63, 3.8) is 0 Å². The third-order valence-corrected chi connectivity index (χ3v) is 3.45. The Bertz CT molecular complexity index is 406. The van der Waals surface area contributed by atoms with E-state index < -0.39 is 0 Å². The quantitative estimate of drug-likeness (QED) is 0.757. The van der Waals surface area contributed by atoms with E-state index in [4.69, 9.17) is 5.73 Å². The van der Waals surface area contributed by atoms with E-state index in [1.807, 2.05) is 18.2 Å². The molecule has 0 atom stereocenters. The zero-order valence-corrected chi connectivity index (χ0v) is 10.1. The first kappa shape index (κ1) is 11.4. The second kappa shape index (κ2) is 5.82. The summed E-state index contributed by atoms with van der Waals surface area (Å²) < 4.78 is 1.24. The smallest absolute Gasteiger partial charge is 0.183 e. The Morgan fingerprint density at radius 1 is 1.19 bits per heavy atom. The van der Waals surface area contributed by atoms with Crippen molar-refractivity contribution in [3.8, 4) is 0 Å². The predicted molar refractivity (Wildman–Crippen MR) is 71.0 cm³/mol. The molecule has 2 rings (SSSR count). The van der Waals surface area contributed by atoms with Crippen LogP contribution in [0.25, 0.3) is 10.2 Å². The molecule has 16 heavy (non-hydrogen) atoms. The van der Waals surface area contributed by atoms with Gasteiger partial charge >= 0.3 is 0 Å². The Hall–Kier alpha value is -1.13. The predicted octanol–water partition coefficient (Wildman–Crippen LogP) is 2.84. The monoisotopic (exact) mass is 235 g/mol. The summed E-state index contributed by atoms with van der Waals surface area (Å²) >= 11 is 1.71. The second-order valence-electron chi connectivity index (χ2n) is 3.76. The zero-order valence-electron chi connectivity index (χ0n) is 9.28. The highest BCUT2D eigenvalue weighted by molar-refractivity contribution is 7.22. The van der Waals surface area contributed by atoms with Gasteiger partial charge in [-0.2, -0.15) is 0 Å². The topological polar surface area (TPSA) is 50.9 Å². The standard InChI is InChI=1S/C12H17N3S/c13-8-4-1-5-9-14-12-15-10-6-2-3-7-11(10)16-12/h2-3,6-7H,1,4-5,8-9,13H2,(H,14,15). The van der Waals surface area contributed by atoms with Crippen LogP contribution < -0.4 is 11.1 Å². The summed E-state index contributed by atoms with van der Waals surface area (Å²) in [6, 6.07) is 8.22. The van der Waals surface area contributed by atoms with Crippen LogP contribution in [0.5, 0.6) is 0 Å². The van der Waals surface area contributed by atoms with Crippen molar-refractivity contribution in [2.75, 3.05) is 18.4 Å². The number of thiazole rings is 1. The van der Waals surface area contributed by atoms with E-state index in [-0.39, 0.29) is 0 Å². The molecule has 0 radical (unpaired) electrons. The van der Waals surface area contributed by atoms with Gasteiger partial charge in [0.15, 0.2) is 5.13 Å². The van der Waals surface area contributed by atoms with Gasteiger partial charge in [-0.3, -0.25) is 0 Å². The Balaban J connectivity index is 1.85. The lowest BCUT2D eigenvalue weighted by Crippen LogP contribution is -2.03. The summed E-state index contributed by atoms with van der Waals surface area (Å²) in [5.41, 5.74) is 6.52. The molecule has 0 saturated heterocycles. The molecule has 0 saturated carbocycles. The molecule has 3 nitrogen and oxygen atoms in total. The maximum Gasteiger partial charge on any atom is 0.183 e. The molecule has 0 spiro atoms. The van der Waals surface area contributed by atoms with Crippen molar-refractivity contribution in [1.82, 2.24) is 4.98 Å². The number of nitrogens with zero attached hydrogens (tertiary/aromatic N) is 1. The molecule has 0 unspecified atom stereocenters.